The summed E-state index contributed by atoms with van der Waals surface area (Å²) in [4.78, 5) is 15.4. The van der Waals surface area contributed by atoms with Crippen molar-refractivity contribution in [1.29, 1.82) is 0 Å². The number of benzene rings is 2. The topological polar surface area (TPSA) is 59.4 Å². The number of hydrogen-bond acceptors (Lipinski definition) is 4. The van der Waals surface area contributed by atoms with Crippen molar-refractivity contribution in [3.8, 4) is 0 Å². The lowest BCUT2D eigenvalue weighted by atomic mass is 10.2. The van der Waals surface area contributed by atoms with Crippen LogP contribution in [0.15, 0.2) is 48.5 Å². The molecule has 3 aromatic rings. The third-order valence-electron chi connectivity index (χ3n) is 3.02. The predicted octanol–water partition coefficient (Wildman–Crippen LogP) is 3.71. The van der Waals surface area contributed by atoms with Gasteiger partial charge in [-0.1, -0.05) is 30.3 Å². The molecule has 0 atom stereocenters. The second kappa shape index (κ2) is 6.03. The quantitative estimate of drug-likeness (QED) is 0.780. The van der Waals surface area contributed by atoms with Crippen LogP contribution in [0.25, 0.3) is 10.2 Å². The maximum atomic E-state index is 10.9. The molecule has 3 rings (SSSR count). The highest BCUT2D eigenvalue weighted by Crippen LogP contribution is 2.24. The second-order valence-electron chi connectivity index (χ2n) is 4.57. The van der Waals surface area contributed by atoms with Gasteiger partial charge in [-0.05, 0) is 23.8 Å². The Morgan fingerprint density at radius 2 is 1.95 bits per heavy atom. The first-order valence-electron chi connectivity index (χ1n) is 6.47. The third-order valence-corrected chi connectivity index (χ3v) is 4.01. The van der Waals surface area contributed by atoms with Crippen molar-refractivity contribution in [2.24, 2.45) is 0 Å². The van der Waals surface area contributed by atoms with Crippen molar-refractivity contribution in [2.45, 2.75) is 13.2 Å². The molecule has 0 saturated heterocycles. The summed E-state index contributed by atoms with van der Waals surface area (Å²) in [7, 11) is 0. The number of carboxylic acid groups (broad SMARTS) is 1. The fraction of sp³-hybridized carbons (Fsp3) is 0.125. The van der Waals surface area contributed by atoms with E-state index in [0.29, 0.717) is 13.2 Å². The van der Waals surface area contributed by atoms with Crippen LogP contribution in [0.2, 0.25) is 0 Å². The Morgan fingerprint density at radius 1 is 1.14 bits per heavy atom. The molecule has 21 heavy (non-hydrogen) atoms. The van der Waals surface area contributed by atoms with E-state index in [2.05, 4.69) is 4.98 Å². The van der Waals surface area contributed by atoms with Gasteiger partial charge in [-0.25, -0.2) is 9.78 Å². The lowest BCUT2D eigenvalue weighted by Gasteiger charge is -2.01. The number of fused-ring (bicyclic) bond motifs is 1. The van der Waals surface area contributed by atoms with Gasteiger partial charge in [-0.2, -0.15) is 0 Å². The lowest BCUT2D eigenvalue weighted by Crippen LogP contribution is -1.94. The van der Waals surface area contributed by atoms with E-state index in [4.69, 9.17) is 9.84 Å². The summed E-state index contributed by atoms with van der Waals surface area (Å²) in [6.07, 6.45) is 0. The molecule has 1 aromatic heterocycles. The Bertz CT molecular complexity index is 768. The monoisotopic (exact) mass is 299 g/mol. The van der Waals surface area contributed by atoms with Crippen molar-refractivity contribution in [3.63, 3.8) is 0 Å². The summed E-state index contributed by atoms with van der Waals surface area (Å²) >= 11 is 1.46. The second-order valence-corrected chi connectivity index (χ2v) is 5.69. The molecular formula is C16H13NO3S. The number of nitrogens with zero attached hydrogens (tertiary/aromatic N) is 1. The molecule has 0 unspecified atom stereocenters. The predicted molar refractivity (Wildman–Crippen MR) is 81.5 cm³/mol. The molecule has 0 fully saturated rings. The average Bonchev–Trinajstić information content (AvgIpc) is 2.90. The minimum atomic E-state index is -0.924. The van der Waals surface area contributed by atoms with E-state index in [1.54, 1.807) is 18.2 Å². The maximum absolute atomic E-state index is 10.9. The number of thiazole rings is 1. The van der Waals surface area contributed by atoms with Gasteiger partial charge in [-0.3, -0.25) is 0 Å². The SMILES string of the molecule is O=C(O)c1ccc2nc(COCc3ccccc3)sc2c1. The van der Waals surface area contributed by atoms with Crippen molar-refractivity contribution >= 4 is 27.5 Å². The highest BCUT2D eigenvalue weighted by molar-refractivity contribution is 7.18. The number of rotatable bonds is 5. The number of aromatic nitrogens is 1. The molecule has 0 saturated carbocycles. The first-order chi connectivity index (χ1) is 10.2. The maximum Gasteiger partial charge on any atom is 0.335 e. The van der Waals surface area contributed by atoms with Crippen molar-refractivity contribution in [1.82, 2.24) is 4.98 Å². The zero-order valence-corrected chi connectivity index (χ0v) is 12.0. The van der Waals surface area contributed by atoms with E-state index in [0.717, 1.165) is 20.8 Å². The van der Waals surface area contributed by atoms with Crippen LogP contribution in [0.1, 0.15) is 20.9 Å². The number of ether oxygens (including phenoxy) is 1. The van der Waals surface area contributed by atoms with Crippen LogP contribution in [0, 0.1) is 0 Å². The van der Waals surface area contributed by atoms with Gasteiger partial charge in [0.15, 0.2) is 0 Å². The van der Waals surface area contributed by atoms with Crippen LogP contribution < -0.4 is 0 Å². The minimum Gasteiger partial charge on any atom is -0.478 e. The number of carboxylic acids is 1. The zero-order chi connectivity index (χ0) is 14.7. The molecule has 0 aliphatic heterocycles. The smallest absolute Gasteiger partial charge is 0.335 e. The Balaban J connectivity index is 1.68. The summed E-state index contributed by atoms with van der Waals surface area (Å²) in [6.45, 7) is 0.966. The molecule has 5 heteroatoms. The number of hydrogen-bond donors (Lipinski definition) is 1. The molecule has 2 aromatic carbocycles. The van der Waals surface area contributed by atoms with Gasteiger partial charge in [0.1, 0.15) is 5.01 Å². The summed E-state index contributed by atoms with van der Waals surface area (Å²) in [5, 5.41) is 9.83. The van der Waals surface area contributed by atoms with Gasteiger partial charge in [0, 0.05) is 0 Å². The van der Waals surface area contributed by atoms with E-state index in [-0.39, 0.29) is 5.56 Å². The van der Waals surface area contributed by atoms with E-state index < -0.39 is 5.97 Å². The molecule has 0 aliphatic carbocycles. The summed E-state index contributed by atoms with van der Waals surface area (Å²) < 4.78 is 6.51. The number of carbonyl (C=O) groups is 1. The molecular weight excluding hydrogens is 286 g/mol. The minimum absolute atomic E-state index is 0.280. The van der Waals surface area contributed by atoms with Crippen LogP contribution in [-0.4, -0.2) is 16.1 Å². The summed E-state index contributed by atoms with van der Waals surface area (Å²) in [5.41, 5.74) is 2.21. The molecule has 0 bridgehead atoms. The van der Waals surface area contributed by atoms with E-state index in [1.165, 1.54) is 11.3 Å². The normalized spacial score (nSPS) is 10.9. The average molecular weight is 299 g/mol. The van der Waals surface area contributed by atoms with Gasteiger partial charge in [0.05, 0.1) is 29.0 Å². The van der Waals surface area contributed by atoms with Crippen molar-refractivity contribution in [3.05, 3.63) is 64.7 Å². The molecule has 0 aliphatic rings. The van der Waals surface area contributed by atoms with Gasteiger partial charge in [-0.15, -0.1) is 11.3 Å². The molecule has 0 spiro atoms. The Labute approximate surface area is 125 Å². The fourth-order valence-corrected chi connectivity index (χ4v) is 2.94. The Hall–Kier alpha value is -2.24. The van der Waals surface area contributed by atoms with Crippen molar-refractivity contribution in [2.75, 3.05) is 0 Å². The van der Waals surface area contributed by atoms with Crippen molar-refractivity contribution < 1.29 is 14.6 Å². The van der Waals surface area contributed by atoms with Gasteiger partial charge < -0.3 is 9.84 Å². The van der Waals surface area contributed by atoms with E-state index >= 15 is 0 Å². The Morgan fingerprint density at radius 3 is 2.71 bits per heavy atom. The van der Waals surface area contributed by atoms with E-state index in [1.807, 2.05) is 30.3 Å². The molecule has 0 amide bonds. The van der Waals surface area contributed by atoms with Crippen LogP contribution in [-0.2, 0) is 18.0 Å². The van der Waals surface area contributed by atoms with Crippen LogP contribution >= 0.6 is 11.3 Å². The molecule has 4 nitrogen and oxygen atoms in total. The van der Waals surface area contributed by atoms with Crippen LogP contribution in [0.3, 0.4) is 0 Å². The van der Waals surface area contributed by atoms with E-state index in [9.17, 15) is 4.79 Å². The highest BCUT2D eigenvalue weighted by atomic mass is 32.1. The first-order valence-corrected chi connectivity index (χ1v) is 7.28. The standard InChI is InChI=1S/C16H13NO3S/c18-16(19)12-6-7-13-14(8-12)21-15(17-13)10-20-9-11-4-2-1-3-5-11/h1-8H,9-10H2,(H,18,19). The fourth-order valence-electron chi connectivity index (χ4n) is 2.00. The molecule has 0 radical (unpaired) electrons. The largest absolute Gasteiger partial charge is 0.478 e. The summed E-state index contributed by atoms with van der Waals surface area (Å²) in [5.74, 6) is -0.924. The number of aromatic carboxylic acids is 1. The first kappa shape index (κ1) is 13.7. The highest BCUT2D eigenvalue weighted by Gasteiger charge is 2.08. The lowest BCUT2D eigenvalue weighted by molar-refractivity contribution is 0.0697. The van der Waals surface area contributed by atoms with Gasteiger partial charge in [0.2, 0.25) is 0 Å². The summed E-state index contributed by atoms with van der Waals surface area (Å²) in [6, 6.07) is 14.9. The molecule has 1 heterocycles. The van der Waals surface area contributed by atoms with Gasteiger partial charge >= 0.3 is 5.97 Å². The van der Waals surface area contributed by atoms with Gasteiger partial charge in [0.25, 0.3) is 0 Å². The molecule has 1 N–H and O–H groups in total. The molecule has 106 valence electrons. The third kappa shape index (κ3) is 3.26. The Kier molecular flexibility index (Phi) is 3.94. The van der Waals surface area contributed by atoms with Crippen LogP contribution in [0.5, 0.6) is 0 Å². The zero-order valence-electron chi connectivity index (χ0n) is 11.2. The van der Waals surface area contributed by atoms with Crippen LogP contribution in [0.4, 0.5) is 0 Å².